The van der Waals surface area contributed by atoms with Gasteiger partial charge in [0.15, 0.2) is 16.4 Å². The molecule has 2 atom stereocenters. The Morgan fingerprint density at radius 3 is 2.79 bits per heavy atom. The smallest absolute Gasteiger partial charge is 0.279 e. The SMILES string of the molecule is COc1cccc(NC(=O)C[NH+](C)Cc2c(C)nn([C@H]3CCS(=O)(=O)C3)c2C)c1. The normalized spacial score (nSPS) is 19.1. The lowest BCUT2D eigenvalue weighted by molar-refractivity contribution is -0.885. The fraction of sp³-hybridized carbons (Fsp3) is 0.500. The molecule has 9 heteroatoms. The maximum atomic E-state index is 12.4. The van der Waals surface area contributed by atoms with Crippen molar-refractivity contribution in [3.63, 3.8) is 0 Å². The molecular formula is C20H29N4O4S+. The molecule has 0 radical (unpaired) electrons. The first kappa shape index (κ1) is 21.3. The Hall–Kier alpha value is -2.39. The van der Waals surface area contributed by atoms with E-state index in [1.165, 1.54) is 0 Å². The number of ether oxygens (including phenoxy) is 1. The lowest BCUT2D eigenvalue weighted by Gasteiger charge is -2.15. The van der Waals surface area contributed by atoms with E-state index in [4.69, 9.17) is 4.74 Å². The van der Waals surface area contributed by atoms with Crippen LogP contribution in [0, 0.1) is 13.8 Å². The first-order valence-electron chi connectivity index (χ1n) is 9.68. The highest BCUT2D eigenvalue weighted by Crippen LogP contribution is 2.26. The standard InChI is InChI=1S/C20H28N4O4S/c1-14-19(15(2)24(22-14)17-8-9-29(26,27)13-17)11-23(3)12-20(25)21-16-6-5-7-18(10-16)28-4/h5-7,10,17H,8-9,11-13H2,1-4H3,(H,21,25)/p+1/t17-/m0/s1. The number of rotatable bonds is 7. The molecule has 2 aromatic rings. The van der Waals surface area contributed by atoms with E-state index >= 15 is 0 Å². The molecule has 1 amide bonds. The van der Waals surface area contributed by atoms with Crippen LogP contribution in [-0.4, -0.2) is 56.3 Å². The van der Waals surface area contributed by atoms with Gasteiger partial charge in [-0.1, -0.05) is 6.07 Å². The molecule has 1 fully saturated rings. The van der Waals surface area contributed by atoms with E-state index in [1.54, 1.807) is 13.2 Å². The van der Waals surface area contributed by atoms with Crippen molar-refractivity contribution < 1.29 is 22.8 Å². The van der Waals surface area contributed by atoms with Gasteiger partial charge in [-0.15, -0.1) is 0 Å². The molecule has 0 spiro atoms. The Balaban J connectivity index is 1.63. The molecule has 2 N–H and O–H groups in total. The van der Waals surface area contributed by atoms with E-state index in [9.17, 15) is 13.2 Å². The van der Waals surface area contributed by atoms with Gasteiger partial charge in [-0.3, -0.25) is 9.48 Å². The quantitative estimate of drug-likeness (QED) is 0.680. The fourth-order valence-corrected chi connectivity index (χ4v) is 5.51. The zero-order valence-electron chi connectivity index (χ0n) is 17.4. The van der Waals surface area contributed by atoms with Crippen LogP contribution >= 0.6 is 0 Å². The summed E-state index contributed by atoms with van der Waals surface area (Å²) >= 11 is 0. The predicted octanol–water partition coefficient (Wildman–Crippen LogP) is 0.522. The molecule has 8 nitrogen and oxygen atoms in total. The number of likely N-dealkylation sites (N-methyl/N-ethyl adjacent to an activating group) is 1. The summed E-state index contributed by atoms with van der Waals surface area (Å²) in [6.45, 7) is 4.86. The largest absolute Gasteiger partial charge is 0.497 e. The van der Waals surface area contributed by atoms with Crippen molar-refractivity contribution in [2.24, 2.45) is 0 Å². The third-order valence-electron chi connectivity index (χ3n) is 5.32. The zero-order chi connectivity index (χ0) is 21.2. The van der Waals surface area contributed by atoms with Crippen molar-refractivity contribution in [1.82, 2.24) is 9.78 Å². The lowest BCUT2D eigenvalue weighted by Crippen LogP contribution is -3.08. The number of methoxy groups -OCH3 is 1. The number of carbonyl (C=O) groups is 1. The predicted molar refractivity (Wildman–Crippen MR) is 111 cm³/mol. The highest BCUT2D eigenvalue weighted by molar-refractivity contribution is 7.91. The van der Waals surface area contributed by atoms with E-state index in [0.29, 0.717) is 30.9 Å². The van der Waals surface area contributed by atoms with E-state index in [1.807, 2.05) is 43.8 Å². The summed E-state index contributed by atoms with van der Waals surface area (Å²) < 4.78 is 30.7. The van der Waals surface area contributed by atoms with Crippen LogP contribution in [-0.2, 0) is 21.2 Å². The molecule has 1 aromatic carbocycles. The average molecular weight is 422 g/mol. The zero-order valence-corrected chi connectivity index (χ0v) is 18.2. The van der Waals surface area contributed by atoms with Crippen LogP contribution in [0.2, 0.25) is 0 Å². The number of benzene rings is 1. The molecule has 1 aliphatic rings. The van der Waals surface area contributed by atoms with Gasteiger partial charge in [0, 0.05) is 17.4 Å². The maximum absolute atomic E-state index is 12.4. The van der Waals surface area contributed by atoms with Crippen LogP contribution in [0.4, 0.5) is 5.69 Å². The topological polar surface area (TPSA) is 94.7 Å². The highest BCUT2D eigenvalue weighted by Gasteiger charge is 2.31. The molecule has 29 heavy (non-hydrogen) atoms. The van der Waals surface area contributed by atoms with Crippen LogP contribution in [0.1, 0.15) is 29.4 Å². The van der Waals surface area contributed by atoms with Crippen molar-refractivity contribution in [3.8, 4) is 5.75 Å². The van der Waals surface area contributed by atoms with Crippen molar-refractivity contribution in [1.29, 1.82) is 0 Å². The number of hydrogen-bond acceptors (Lipinski definition) is 5. The molecule has 1 aliphatic heterocycles. The second-order valence-electron chi connectivity index (χ2n) is 7.74. The van der Waals surface area contributed by atoms with Crippen LogP contribution in [0.15, 0.2) is 24.3 Å². The minimum absolute atomic E-state index is 0.0830. The Labute approximate surface area is 171 Å². The van der Waals surface area contributed by atoms with Gasteiger partial charge in [0.05, 0.1) is 43.0 Å². The first-order valence-corrected chi connectivity index (χ1v) is 11.5. The molecular weight excluding hydrogens is 392 g/mol. The van der Waals surface area contributed by atoms with Gasteiger partial charge in [-0.2, -0.15) is 5.10 Å². The van der Waals surface area contributed by atoms with Crippen molar-refractivity contribution >= 4 is 21.4 Å². The number of aromatic nitrogens is 2. The van der Waals surface area contributed by atoms with Gasteiger partial charge in [0.1, 0.15) is 12.3 Å². The Bertz CT molecular complexity index is 1000. The summed E-state index contributed by atoms with van der Waals surface area (Å²) in [6.07, 6.45) is 0.607. The van der Waals surface area contributed by atoms with Gasteiger partial charge in [-0.05, 0) is 32.4 Å². The van der Waals surface area contributed by atoms with Crippen molar-refractivity contribution in [3.05, 3.63) is 41.2 Å². The van der Waals surface area contributed by atoms with Crippen LogP contribution in [0.3, 0.4) is 0 Å². The van der Waals surface area contributed by atoms with E-state index in [2.05, 4.69) is 10.4 Å². The van der Waals surface area contributed by atoms with Crippen LogP contribution < -0.4 is 15.0 Å². The molecule has 1 unspecified atom stereocenters. The number of sulfone groups is 1. The van der Waals surface area contributed by atoms with Crippen LogP contribution in [0.5, 0.6) is 5.75 Å². The number of carbonyl (C=O) groups excluding carboxylic acids is 1. The third-order valence-corrected chi connectivity index (χ3v) is 7.07. The molecule has 0 bridgehead atoms. The molecule has 1 aromatic heterocycles. The number of hydrogen-bond donors (Lipinski definition) is 2. The number of quaternary nitrogens is 1. The minimum atomic E-state index is -2.97. The van der Waals surface area contributed by atoms with Gasteiger partial charge >= 0.3 is 0 Å². The number of anilines is 1. The Morgan fingerprint density at radius 2 is 2.14 bits per heavy atom. The number of amides is 1. The summed E-state index contributed by atoms with van der Waals surface area (Å²) in [5.74, 6) is 0.984. The molecule has 0 saturated carbocycles. The summed E-state index contributed by atoms with van der Waals surface area (Å²) in [4.78, 5) is 13.4. The first-order chi connectivity index (χ1) is 13.7. The van der Waals surface area contributed by atoms with Gasteiger partial charge < -0.3 is 15.0 Å². The summed E-state index contributed by atoms with van der Waals surface area (Å²) in [6, 6.07) is 7.16. The monoisotopic (exact) mass is 421 g/mol. The second-order valence-corrected chi connectivity index (χ2v) is 9.97. The third kappa shape index (κ3) is 5.16. The van der Waals surface area contributed by atoms with Gasteiger partial charge in [-0.25, -0.2) is 8.42 Å². The number of aryl methyl sites for hydroxylation is 1. The molecule has 158 valence electrons. The van der Waals surface area contributed by atoms with Gasteiger partial charge in [0.25, 0.3) is 5.91 Å². The maximum Gasteiger partial charge on any atom is 0.279 e. The summed E-state index contributed by atoms with van der Waals surface area (Å²) in [5, 5.41) is 7.50. The molecule has 3 rings (SSSR count). The van der Waals surface area contributed by atoms with E-state index in [0.717, 1.165) is 21.9 Å². The number of nitrogens with zero attached hydrogens (tertiary/aromatic N) is 2. The average Bonchev–Trinajstić information content (AvgIpc) is 3.15. The molecule has 2 heterocycles. The Kier molecular flexibility index (Phi) is 6.28. The summed E-state index contributed by atoms with van der Waals surface area (Å²) in [7, 11) is 0.582. The molecule has 1 saturated heterocycles. The fourth-order valence-electron chi connectivity index (χ4n) is 3.82. The second kappa shape index (κ2) is 8.54. The van der Waals surface area contributed by atoms with E-state index in [-0.39, 0.29) is 23.5 Å². The van der Waals surface area contributed by atoms with Crippen molar-refractivity contribution in [2.75, 3.05) is 37.5 Å². The van der Waals surface area contributed by atoms with Crippen molar-refractivity contribution in [2.45, 2.75) is 32.9 Å². The molecule has 0 aliphatic carbocycles. The lowest BCUT2D eigenvalue weighted by atomic mass is 10.1. The Morgan fingerprint density at radius 1 is 1.38 bits per heavy atom. The summed E-state index contributed by atoms with van der Waals surface area (Å²) in [5.41, 5.74) is 3.64. The highest BCUT2D eigenvalue weighted by atomic mass is 32.2. The van der Waals surface area contributed by atoms with Crippen LogP contribution in [0.25, 0.3) is 0 Å². The minimum Gasteiger partial charge on any atom is -0.497 e. The number of nitrogens with one attached hydrogen (secondary N) is 2. The van der Waals surface area contributed by atoms with E-state index < -0.39 is 9.84 Å². The van der Waals surface area contributed by atoms with Gasteiger partial charge in [0.2, 0.25) is 0 Å².